The van der Waals surface area contributed by atoms with Crippen molar-refractivity contribution in [2.24, 2.45) is 5.10 Å². The third kappa shape index (κ3) is 4.99. The molecule has 6 heteroatoms. The highest BCUT2D eigenvalue weighted by Crippen LogP contribution is 2.25. The first-order chi connectivity index (χ1) is 11.5. The average molecular weight is 347 g/mol. The van der Waals surface area contributed by atoms with Crippen molar-refractivity contribution in [3.63, 3.8) is 0 Å². The summed E-state index contributed by atoms with van der Waals surface area (Å²) in [5.41, 5.74) is 5.05. The Morgan fingerprint density at radius 2 is 1.92 bits per heavy atom. The van der Waals surface area contributed by atoms with Crippen LogP contribution in [-0.2, 0) is 4.79 Å². The first-order valence-corrected chi connectivity index (χ1v) is 7.73. The summed E-state index contributed by atoms with van der Waals surface area (Å²) in [6, 6.07) is 10.9. The molecular formula is C18H19ClN2O3. The van der Waals surface area contributed by atoms with E-state index in [2.05, 4.69) is 10.5 Å². The SMILES string of the molecule is COc1cccc(/C=N\NC(=O)COc2cc(C)c(Cl)c(C)c2)c1. The van der Waals surface area contributed by atoms with Crippen molar-refractivity contribution in [2.45, 2.75) is 13.8 Å². The van der Waals surface area contributed by atoms with Crippen LogP contribution in [0.25, 0.3) is 0 Å². The van der Waals surface area contributed by atoms with Crippen molar-refractivity contribution < 1.29 is 14.3 Å². The minimum absolute atomic E-state index is 0.129. The number of rotatable bonds is 6. The smallest absolute Gasteiger partial charge is 0.277 e. The fourth-order valence-corrected chi connectivity index (χ4v) is 2.18. The Morgan fingerprint density at radius 1 is 1.21 bits per heavy atom. The maximum absolute atomic E-state index is 11.8. The van der Waals surface area contributed by atoms with Gasteiger partial charge in [-0.25, -0.2) is 5.43 Å². The van der Waals surface area contributed by atoms with Crippen LogP contribution in [0.5, 0.6) is 11.5 Å². The quantitative estimate of drug-likeness (QED) is 0.643. The Kier molecular flexibility index (Phi) is 6.21. The zero-order valence-corrected chi connectivity index (χ0v) is 14.6. The number of ether oxygens (including phenoxy) is 2. The molecule has 2 aromatic rings. The Morgan fingerprint density at radius 3 is 2.58 bits per heavy atom. The lowest BCUT2D eigenvalue weighted by molar-refractivity contribution is -0.123. The molecule has 1 amide bonds. The summed E-state index contributed by atoms with van der Waals surface area (Å²) in [5, 5.41) is 4.60. The normalized spacial score (nSPS) is 10.7. The Hall–Kier alpha value is -2.53. The molecule has 2 aromatic carbocycles. The molecule has 0 aliphatic rings. The predicted molar refractivity (Wildman–Crippen MR) is 95.2 cm³/mol. The summed E-state index contributed by atoms with van der Waals surface area (Å²) in [6.45, 7) is 3.65. The van der Waals surface area contributed by atoms with Gasteiger partial charge in [-0.1, -0.05) is 23.7 Å². The number of hydrogen-bond donors (Lipinski definition) is 1. The second kappa shape index (κ2) is 8.36. The van der Waals surface area contributed by atoms with Crippen LogP contribution >= 0.6 is 11.6 Å². The van der Waals surface area contributed by atoms with Gasteiger partial charge < -0.3 is 9.47 Å². The number of carbonyl (C=O) groups excluding carboxylic acids is 1. The number of methoxy groups -OCH3 is 1. The van der Waals surface area contributed by atoms with Crippen molar-refractivity contribution >= 4 is 23.7 Å². The number of aryl methyl sites for hydroxylation is 2. The number of amides is 1. The van der Waals surface area contributed by atoms with E-state index in [4.69, 9.17) is 21.1 Å². The van der Waals surface area contributed by atoms with E-state index in [0.29, 0.717) is 10.8 Å². The van der Waals surface area contributed by atoms with Gasteiger partial charge in [0.1, 0.15) is 11.5 Å². The largest absolute Gasteiger partial charge is 0.497 e. The molecule has 0 fully saturated rings. The number of hydrazone groups is 1. The Balaban J connectivity index is 1.86. The molecular weight excluding hydrogens is 328 g/mol. The van der Waals surface area contributed by atoms with E-state index < -0.39 is 0 Å². The van der Waals surface area contributed by atoms with E-state index in [9.17, 15) is 4.79 Å². The number of benzene rings is 2. The van der Waals surface area contributed by atoms with Crippen LogP contribution in [0.4, 0.5) is 0 Å². The zero-order chi connectivity index (χ0) is 17.5. The topological polar surface area (TPSA) is 59.9 Å². The van der Waals surface area contributed by atoms with Gasteiger partial charge in [-0.2, -0.15) is 5.10 Å². The molecule has 126 valence electrons. The lowest BCUT2D eigenvalue weighted by atomic mass is 10.1. The molecule has 0 aromatic heterocycles. The van der Waals surface area contributed by atoms with Crippen LogP contribution < -0.4 is 14.9 Å². The lowest BCUT2D eigenvalue weighted by Crippen LogP contribution is -2.24. The van der Waals surface area contributed by atoms with Crippen LogP contribution in [0.15, 0.2) is 41.5 Å². The number of nitrogens with one attached hydrogen (secondary N) is 1. The van der Waals surface area contributed by atoms with E-state index in [1.807, 2.05) is 38.1 Å². The van der Waals surface area contributed by atoms with E-state index >= 15 is 0 Å². The van der Waals surface area contributed by atoms with E-state index in [1.165, 1.54) is 6.21 Å². The molecule has 0 atom stereocenters. The summed E-state index contributed by atoms with van der Waals surface area (Å²) >= 11 is 6.10. The van der Waals surface area contributed by atoms with Crippen molar-refractivity contribution in [3.05, 3.63) is 58.1 Å². The zero-order valence-electron chi connectivity index (χ0n) is 13.8. The lowest BCUT2D eigenvalue weighted by Gasteiger charge is -2.09. The highest BCUT2D eigenvalue weighted by atomic mass is 35.5. The van der Waals surface area contributed by atoms with Gasteiger partial charge in [-0.15, -0.1) is 0 Å². The third-order valence-electron chi connectivity index (χ3n) is 3.28. The van der Waals surface area contributed by atoms with Gasteiger partial charge in [0, 0.05) is 5.02 Å². The maximum Gasteiger partial charge on any atom is 0.277 e. The molecule has 0 bridgehead atoms. The second-order valence-corrected chi connectivity index (χ2v) is 5.61. The standard InChI is InChI=1S/C18H19ClN2O3/c1-12-7-16(8-13(2)18(12)19)24-11-17(22)21-20-10-14-5-4-6-15(9-14)23-3/h4-10H,11H2,1-3H3,(H,21,22)/b20-10-. The number of hydrogen-bond acceptors (Lipinski definition) is 4. The molecule has 5 nitrogen and oxygen atoms in total. The molecule has 0 aliphatic heterocycles. The number of nitrogens with zero attached hydrogens (tertiary/aromatic N) is 1. The van der Waals surface area contributed by atoms with Gasteiger partial charge in [0.05, 0.1) is 13.3 Å². The van der Waals surface area contributed by atoms with Crippen molar-refractivity contribution in [1.82, 2.24) is 5.43 Å². The summed E-state index contributed by atoms with van der Waals surface area (Å²) in [6.07, 6.45) is 1.54. The van der Waals surface area contributed by atoms with Gasteiger partial charge in [-0.3, -0.25) is 4.79 Å². The summed E-state index contributed by atoms with van der Waals surface area (Å²) < 4.78 is 10.6. The number of halogens is 1. The number of carbonyl (C=O) groups is 1. The maximum atomic E-state index is 11.8. The van der Waals surface area contributed by atoms with Crippen molar-refractivity contribution in [2.75, 3.05) is 13.7 Å². The Labute approximate surface area is 146 Å². The first kappa shape index (κ1) is 17.8. The molecule has 0 unspecified atom stereocenters. The van der Waals surface area contributed by atoms with Gasteiger partial charge >= 0.3 is 0 Å². The van der Waals surface area contributed by atoms with Crippen LogP contribution in [0.3, 0.4) is 0 Å². The van der Waals surface area contributed by atoms with Gasteiger partial charge in [0.25, 0.3) is 5.91 Å². The molecule has 0 saturated carbocycles. The van der Waals surface area contributed by atoms with Crippen molar-refractivity contribution in [1.29, 1.82) is 0 Å². The molecule has 0 radical (unpaired) electrons. The van der Waals surface area contributed by atoms with Crippen LogP contribution in [-0.4, -0.2) is 25.8 Å². The molecule has 24 heavy (non-hydrogen) atoms. The molecule has 0 saturated heterocycles. The Bertz CT molecular complexity index is 737. The first-order valence-electron chi connectivity index (χ1n) is 7.35. The minimum Gasteiger partial charge on any atom is -0.497 e. The molecule has 2 rings (SSSR count). The summed E-state index contributed by atoms with van der Waals surface area (Å²) in [4.78, 5) is 11.8. The highest BCUT2D eigenvalue weighted by Gasteiger charge is 2.06. The van der Waals surface area contributed by atoms with E-state index in [-0.39, 0.29) is 12.5 Å². The van der Waals surface area contributed by atoms with E-state index in [0.717, 1.165) is 22.4 Å². The fraction of sp³-hybridized carbons (Fsp3) is 0.222. The third-order valence-corrected chi connectivity index (χ3v) is 3.87. The van der Waals surface area contributed by atoms with Crippen LogP contribution in [0.1, 0.15) is 16.7 Å². The summed E-state index contributed by atoms with van der Waals surface area (Å²) in [7, 11) is 1.59. The van der Waals surface area contributed by atoms with Crippen LogP contribution in [0, 0.1) is 13.8 Å². The van der Waals surface area contributed by atoms with Gasteiger partial charge in [0.15, 0.2) is 6.61 Å². The highest BCUT2D eigenvalue weighted by molar-refractivity contribution is 6.32. The predicted octanol–water partition coefficient (Wildman–Crippen LogP) is 3.49. The van der Waals surface area contributed by atoms with Crippen LogP contribution in [0.2, 0.25) is 5.02 Å². The average Bonchev–Trinajstić information content (AvgIpc) is 2.58. The van der Waals surface area contributed by atoms with E-state index in [1.54, 1.807) is 19.2 Å². The molecule has 0 aliphatic carbocycles. The fourth-order valence-electron chi connectivity index (χ4n) is 2.07. The van der Waals surface area contributed by atoms with Crippen molar-refractivity contribution in [3.8, 4) is 11.5 Å². The monoisotopic (exact) mass is 346 g/mol. The molecule has 1 N–H and O–H groups in total. The van der Waals surface area contributed by atoms with Gasteiger partial charge in [-0.05, 0) is 54.8 Å². The molecule has 0 spiro atoms. The minimum atomic E-state index is -0.348. The molecule has 0 heterocycles. The second-order valence-electron chi connectivity index (χ2n) is 5.23. The summed E-state index contributed by atoms with van der Waals surface area (Å²) in [5.74, 6) is 0.975. The van der Waals surface area contributed by atoms with Gasteiger partial charge in [0.2, 0.25) is 0 Å².